The van der Waals surface area contributed by atoms with Gasteiger partial charge in [-0.05, 0) is 88.8 Å². The largest absolute Gasteiger partial charge is 0.504 e. The van der Waals surface area contributed by atoms with Gasteiger partial charge in [0.15, 0.2) is 15.8 Å². The fourth-order valence-corrected chi connectivity index (χ4v) is 5.12. The number of phenols is 1. The van der Waals surface area contributed by atoms with Crippen molar-refractivity contribution in [2.75, 3.05) is 17.3 Å². The number of thioether (sulfide) groups is 1. The molecule has 0 radical (unpaired) electrons. The zero-order valence-electron chi connectivity index (χ0n) is 17.5. The third-order valence-electron chi connectivity index (χ3n) is 4.83. The van der Waals surface area contributed by atoms with Gasteiger partial charge in [-0.3, -0.25) is 14.5 Å². The van der Waals surface area contributed by atoms with E-state index in [-0.39, 0.29) is 11.7 Å². The average molecular weight is 606 g/mol. The van der Waals surface area contributed by atoms with E-state index in [9.17, 15) is 19.1 Å². The quantitative estimate of drug-likeness (QED) is 0.217. The summed E-state index contributed by atoms with van der Waals surface area (Å²) in [5.41, 5.74) is 1.89. The van der Waals surface area contributed by atoms with Crippen molar-refractivity contribution >= 4 is 80.2 Å². The van der Waals surface area contributed by atoms with Crippen LogP contribution in [0.15, 0.2) is 65.6 Å². The van der Waals surface area contributed by atoms with E-state index < -0.39 is 11.7 Å². The van der Waals surface area contributed by atoms with E-state index in [1.165, 1.54) is 36.3 Å². The number of hydrogen-bond acceptors (Lipinski definition) is 6. The van der Waals surface area contributed by atoms with Crippen LogP contribution in [0, 0.1) is 9.39 Å². The lowest BCUT2D eigenvalue weighted by Gasteiger charge is -2.15. The average Bonchev–Trinajstić information content (AvgIpc) is 3.10. The highest BCUT2D eigenvalue weighted by Gasteiger charge is 2.33. The molecule has 3 aromatic carbocycles. The van der Waals surface area contributed by atoms with Crippen LogP contribution in [0.3, 0.4) is 0 Å². The van der Waals surface area contributed by atoms with E-state index in [0.29, 0.717) is 41.0 Å². The molecule has 0 bridgehead atoms. The summed E-state index contributed by atoms with van der Waals surface area (Å²) in [7, 11) is 1.45. The molecule has 172 valence electrons. The molecule has 0 spiro atoms. The highest BCUT2D eigenvalue weighted by molar-refractivity contribution is 14.1. The Labute approximate surface area is 217 Å². The van der Waals surface area contributed by atoms with Gasteiger partial charge in [0.2, 0.25) is 0 Å². The Kier molecular flexibility index (Phi) is 7.19. The minimum absolute atomic E-state index is 0.0310. The number of nitrogens with zero attached hydrogens (tertiary/aromatic N) is 1. The number of benzene rings is 3. The molecule has 10 heteroatoms. The molecule has 1 aliphatic heterocycles. The van der Waals surface area contributed by atoms with Crippen molar-refractivity contribution in [1.29, 1.82) is 0 Å². The molecule has 0 aromatic heterocycles. The smallest absolute Gasteiger partial charge is 0.270 e. The van der Waals surface area contributed by atoms with Gasteiger partial charge in [-0.25, -0.2) is 4.39 Å². The van der Waals surface area contributed by atoms with Crippen molar-refractivity contribution < 1.29 is 23.8 Å². The van der Waals surface area contributed by atoms with Crippen molar-refractivity contribution in [2.24, 2.45) is 0 Å². The number of nitrogens with one attached hydrogen (secondary N) is 1. The van der Waals surface area contributed by atoms with Crippen LogP contribution in [0.25, 0.3) is 6.08 Å². The molecule has 2 N–H and O–H groups in total. The number of carbonyl (C=O) groups excluding carboxylic acids is 2. The number of anilines is 2. The SMILES string of the molecule is COc1cc(/C=C2/SC(=S)N(c3cccc(C(=O)Nc4ccc(F)cc4)c3)C2=O)cc(I)c1O. The standard InChI is InChI=1S/C24H16FIN2O4S2/c1-32-19-10-13(9-18(26)21(19)29)11-20-23(31)28(24(33)34-20)17-4-2-3-14(12-17)22(30)27-16-7-5-15(25)6-8-16/h2-12,29H,1H3,(H,27,30)/b20-11+. The first-order valence-electron chi connectivity index (χ1n) is 9.78. The summed E-state index contributed by atoms with van der Waals surface area (Å²) in [4.78, 5) is 27.6. The van der Waals surface area contributed by atoms with E-state index in [0.717, 1.165) is 11.8 Å². The first kappa shape index (κ1) is 24.2. The summed E-state index contributed by atoms with van der Waals surface area (Å²) >= 11 is 8.56. The van der Waals surface area contributed by atoms with Crippen LogP contribution >= 0.6 is 46.6 Å². The van der Waals surface area contributed by atoms with Gasteiger partial charge < -0.3 is 15.2 Å². The summed E-state index contributed by atoms with van der Waals surface area (Å²) in [6.07, 6.45) is 1.68. The van der Waals surface area contributed by atoms with Gasteiger partial charge in [-0.1, -0.05) is 30.0 Å². The summed E-state index contributed by atoms with van der Waals surface area (Å²) in [5.74, 6) is -0.798. The van der Waals surface area contributed by atoms with Crippen molar-refractivity contribution in [3.05, 3.63) is 86.1 Å². The highest BCUT2D eigenvalue weighted by Crippen LogP contribution is 2.38. The zero-order chi connectivity index (χ0) is 24.4. The highest BCUT2D eigenvalue weighted by atomic mass is 127. The lowest BCUT2D eigenvalue weighted by Crippen LogP contribution is -2.27. The van der Waals surface area contributed by atoms with E-state index in [1.54, 1.807) is 42.5 Å². The van der Waals surface area contributed by atoms with Crippen LogP contribution in [0.4, 0.5) is 15.8 Å². The Morgan fingerprint density at radius 1 is 1.21 bits per heavy atom. The molecular weight excluding hydrogens is 590 g/mol. The molecule has 0 saturated carbocycles. The van der Waals surface area contributed by atoms with Crippen LogP contribution in [-0.2, 0) is 4.79 Å². The first-order chi connectivity index (χ1) is 16.3. The normalized spacial score (nSPS) is 14.6. The van der Waals surface area contributed by atoms with Gasteiger partial charge in [0.05, 0.1) is 21.3 Å². The maximum Gasteiger partial charge on any atom is 0.270 e. The number of amides is 2. The van der Waals surface area contributed by atoms with Gasteiger partial charge in [0, 0.05) is 11.3 Å². The topological polar surface area (TPSA) is 78.9 Å². The molecule has 1 aliphatic rings. The second kappa shape index (κ2) is 10.1. The van der Waals surface area contributed by atoms with Crippen LogP contribution < -0.4 is 15.0 Å². The van der Waals surface area contributed by atoms with Crippen molar-refractivity contribution in [1.82, 2.24) is 0 Å². The summed E-state index contributed by atoms with van der Waals surface area (Å²) < 4.78 is 19.2. The van der Waals surface area contributed by atoms with Gasteiger partial charge in [0.1, 0.15) is 5.82 Å². The van der Waals surface area contributed by atoms with Gasteiger partial charge in [-0.15, -0.1) is 0 Å². The first-order valence-corrected chi connectivity index (χ1v) is 12.1. The Morgan fingerprint density at radius 3 is 2.65 bits per heavy atom. The Morgan fingerprint density at radius 2 is 1.94 bits per heavy atom. The van der Waals surface area contributed by atoms with Crippen molar-refractivity contribution in [3.8, 4) is 11.5 Å². The second-order valence-electron chi connectivity index (χ2n) is 7.08. The minimum Gasteiger partial charge on any atom is -0.504 e. The van der Waals surface area contributed by atoms with Crippen molar-refractivity contribution in [2.45, 2.75) is 0 Å². The fourth-order valence-electron chi connectivity index (χ4n) is 3.20. The third-order valence-corrected chi connectivity index (χ3v) is 6.96. The number of phenolic OH excluding ortho intramolecular Hbond substituents is 1. The van der Waals surface area contributed by atoms with E-state index >= 15 is 0 Å². The molecule has 0 aliphatic carbocycles. The predicted octanol–water partition coefficient (Wildman–Crippen LogP) is 5.80. The molecule has 3 aromatic rings. The number of thiocarbonyl (C=S) groups is 1. The van der Waals surface area contributed by atoms with Crippen LogP contribution in [0.5, 0.6) is 11.5 Å². The molecular formula is C24H16FIN2O4S2. The maximum atomic E-state index is 13.2. The van der Waals surface area contributed by atoms with Gasteiger partial charge in [-0.2, -0.15) is 0 Å². The molecule has 6 nitrogen and oxygen atoms in total. The number of halogens is 2. The van der Waals surface area contributed by atoms with Gasteiger partial charge >= 0.3 is 0 Å². The van der Waals surface area contributed by atoms with Crippen molar-refractivity contribution in [3.63, 3.8) is 0 Å². The molecule has 4 rings (SSSR count). The number of hydrogen-bond donors (Lipinski definition) is 2. The lowest BCUT2D eigenvalue weighted by atomic mass is 10.1. The second-order valence-corrected chi connectivity index (χ2v) is 9.92. The lowest BCUT2D eigenvalue weighted by molar-refractivity contribution is -0.113. The molecule has 0 atom stereocenters. The minimum atomic E-state index is -0.403. The zero-order valence-corrected chi connectivity index (χ0v) is 21.3. The Bertz CT molecular complexity index is 1350. The van der Waals surface area contributed by atoms with E-state index in [4.69, 9.17) is 17.0 Å². The molecule has 1 fully saturated rings. The number of aromatic hydroxyl groups is 1. The third kappa shape index (κ3) is 5.08. The summed E-state index contributed by atoms with van der Waals surface area (Å²) in [6, 6.07) is 15.3. The number of rotatable bonds is 5. The molecule has 2 amide bonds. The van der Waals surface area contributed by atoms with Gasteiger partial charge in [0.25, 0.3) is 11.8 Å². The fraction of sp³-hybridized carbons (Fsp3) is 0.0417. The number of methoxy groups -OCH3 is 1. The Hall–Kier alpha value is -2.96. The predicted molar refractivity (Wildman–Crippen MR) is 144 cm³/mol. The number of carbonyl (C=O) groups is 2. The van der Waals surface area contributed by atoms with Crippen LogP contribution in [-0.4, -0.2) is 28.4 Å². The molecule has 0 unspecified atom stereocenters. The van der Waals surface area contributed by atoms with E-state index in [2.05, 4.69) is 5.32 Å². The maximum absolute atomic E-state index is 13.2. The van der Waals surface area contributed by atoms with E-state index in [1.807, 2.05) is 22.6 Å². The summed E-state index contributed by atoms with van der Waals surface area (Å²) in [6.45, 7) is 0. The molecule has 1 saturated heterocycles. The molecule has 1 heterocycles. The monoisotopic (exact) mass is 606 g/mol. The Balaban J connectivity index is 1.58. The van der Waals surface area contributed by atoms with Crippen LogP contribution in [0.2, 0.25) is 0 Å². The molecule has 34 heavy (non-hydrogen) atoms. The number of ether oxygens (including phenoxy) is 1. The van der Waals surface area contributed by atoms with Crippen LogP contribution in [0.1, 0.15) is 15.9 Å². The summed E-state index contributed by atoms with van der Waals surface area (Å²) in [5, 5.41) is 12.7.